The molecule has 3 nitrogen and oxygen atoms in total. The third-order valence-corrected chi connectivity index (χ3v) is 10.9. The van der Waals surface area contributed by atoms with Crippen LogP contribution in [0.25, 0.3) is 88.0 Å². The van der Waals surface area contributed by atoms with E-state index in [0.29, 0.717) is 0 Å². The van der Waals surface area contributed by atoms with Crippen molar-refractivity contribution in [3.05, 3.63) is 200 Å². The number of hydrogen-bond donors (Lipinski definition) is 0. The van der Waals surface area contributed by atoms with Crippen molar-refractivity contribution >= 4 is 71.7 Å². The molecule has 0 saturated heterocycles. The predicted molar refractivity (Wildman–Crippen MR) is 229 cm³/mol. The van der Waals surface area contributed by atoms with Gasteiger partial charge in [0.05, 0.1) is 5.69 Å². The molecule has 0 fully saturated rings. The number of nitrogens with zero attached hydrogens (tertiary/aromatic N) is 1. The summed E-state index contributed by atoms with van der Waals surface area (Å²) in [4.78, 5) is 2.36. The van der Waals surface area contributed by atoms with Gasteiger partial charge in [-0.3, -0.25) is 0 Å². The van der Waals surface area contributed by atoms with Crippen molar-refractivity contribution < 1.29 is 8.83 Å². The summed E-state index contributed by atoms with van der Waals surface area (Å²) in [5.41, 5.74) is 13.6. The fourth-order valence-corrected chi connectivity index (χ4v) is 8.32. The molecule has 3 heteroatoms. The normalized spacial score (nSPS) is 11.6. The Morgan fingerprint density at radius 3 is 1.78 bits per heavy atom. The maximum absolute atomic E-state index is 6.45. The maximum Gasteiger partial charge on any atom is 0.137 e. The Kier molecular flexibility index (Phi) is 7.17. The molecule has 11 aromatic rings. The molecule has 258 valence electrons. The van der Waals surface area contributed by atoms with Crippen molar-refractivity contribution in [1.82, 2.24) is 0 Å². The van der Waals surface area contributed by atoms with Crippen molar-refractivity contribution in [3.8, 4) is 33.4 Å². The van der Waals surface area contributed by atoms with Crippen LogP contribution in [0, 0.1) is 0 Å². The van der Waals surface area contributed by atoms with E-state index in [1.54, 1.807) is 0 Å². The Balaban J connectivity index is 1.08. The van der Waals surface area contributed by atoms with Crippen LogP contribution in [0.2, 0.25) is 0 Å². The Morgan fingerprint density at radius 2 is 0.891 bits per heavy atom. The zero-order chi connectivity index (χ0) is 36.3. The van der Waals surface area contributed by atoms with Gasteiger partial charge in [-0.25, -0.2) is 0 Å². The van der Waals surface area contributed by atoms with Gasteiger partial charge in [0, 0.05) is 44.5 Å². The van der Waals surface area contributed by atoms with Gasteiger partial charge in [-0.2, -0.15) is 0 Å². The van der Waals surface area contributed by atoms with Gasteiger partial charge >= 0.3 is 0 Å². The van der Waals surface area contributed by atoms with Crippen molar-refractivity contribution in [1.29, 1.82) is 0 Å². The van der Waals surface area contributed by atoms with Gasteiger partial charge in [0.1, 0.15) is 22.3 Å². The van der Waals surface area contributed by atoms with Crippen LogP contribution >= 0.6 is 0 Å². The summed E-state index contributed by atoms with van der Waals surface area (Å²) in [6.07, 6.45) is 0. The first kappa shape index (κ1) is 31.2. The number of rotatable bonds is 6. The van der Waals surface area contributed by atoms with Crippen LogP contribution in [-0.2, 0) is 0 Å². The highest BCUT2D eigenvalue weighted by Crippen LogP contribution is 2.46. The molecule has 0 unspecified atom stereocenters. The molecule has 2 aromatic heterocycles. The van der Waals surface area contributed by atoms with Crippen molar-refractivity contribution in [2.24, 2.45) is 0 Å². The van der Waals surface area contributed by atoms with Crippen LogP contribution in [-0.4, -0.2) is 0 Å². The van der Waals surface area contributed by atoms with Gasteiger partial charge in [-0.15, -0.1) is 0 Å². The highest BCUT2D eigenvalue weighted by molar-refractivity contribution is 6.14. The van der Waals surface area contributed by atoms with Crippen molar-refractivity contribution in [2.45, 2.75) is 0 Å². The maximum atomic E-state index is 6.45. The second-order valence-corrected chi connectivity index (χ2v) is 14.1. The average Bonchev–Trinajstić information content (AvgIpc) is 3.82. The third-order valence-electron chi connectivity index (χ3n) is 10.9. The minimum atomic E-state index is 0.851. The molecule has 0 aliphatic carbocycles. The SMILES string of the molecule is c1cc(-c2ccc(-c3cccc4ccccc34)cc2)cc(N(c2ccc3c(c2)oc2ccccc23)c2ccccc2-c2cccc3oc4ccccc4c23)c1. The average molecular weight is 704 g/mol. The largest absolute Gasteiger partial charge is 0.456 e. The van der Waals surface area contributed by atoms with E-state index in [1.165, 1.54) is 21.9 Å². The number of anilines is 3. The molecule has 0 aliphatic rings. The van der Waals surface area contributed by atoms with Crippen LogP contribution in [0.1, 0.15) is 0 Å². The van der Waals surface area contributed by atoms with Crippen LogP contribution in [0.4, 0.5) is 17.1 Å². The zero-order valence-corrected chi connectivity index (χ0v) is 29.8. The van der Waals surface area contributed by atoms with Gasteiger partial charge in [0.2, 0.25) is 0 Å². The number of para-hydroxylation sites is 3. The van der Waals surface area contributed by atoms with Gasteiger partial charge in [-0.1, -0.05) is 146 Å². The Labute approximate surface area is 317 Å². The lowest BCUT2D eigenvalue weighted by Crippen LogP contribution is -2.11. The number of fused-ring (bicyclic) bond motifs is 7. The summed E-state index contributed by atoms with van der Waals surface area (Å²) >= 11 is 0. The van der Waals surface area contributed by atoms with E-state index in [1.807, 2.05) is 24.3 Å². The van der Waals surface area contributed by atoms with Crippen LogP contribution in [0.15, 0.2) is 209 Å². The topological polar surface area (TPSA) is 29.5 Å². The smallest absolute Gasteiger partial charge is 0.137 e. The monoisotopic (exact) mass is 703 g/mol. The Hall–Kier alpha value is -7.36. The van der Waals surface area contributed by atoms with E-state index >= 15 is 0 Å². The van der Waals surface area contributed by atoms with Crippen LogP contribution in [0.5, 0.6) is 0 Å². The summed E-state index contributed by atoms with van der Waals surface area (Å²) in [6.45, 7) is 0. The predicted octanol–water partition coefficient (Wildman–Crippen LogP) is 15.1. The minimum absolute atomic E-state index is 0.851. The molecular weight excluding hydrogens is 671 g/mol. The van der Waals surface area contributed by atoms with Gasteiger partial charge in [-0.05, 0) is 87.1 Å². The highest BCUT2D eigenvalue weighted by atomic mass is 16.3. The first-order valence-corrected chi connectivity index (χ1v) is 18.7. The number of hydrogen-bond acceptors (Lipinski definition) is 3. The van der Waals surface area contributed by atoms with E-state index in [9.17, 15) is 0 Å². The summed E-state index contributed by atoms with van der Waals surface area (Å²) in [6, 6.07) is 71.0. The molecule has 9 aromatic carbocycles. The summed E-state index contributed by atoms with van der Waals surface area (Å²) in [5, 5.41) is 6.93. The Morgan fingerprint density at radius 1 is 0.309 bits per heavy atom. The van der Waals surface area contributed by atoms with Crippen LogP contribution in [0.3, 0.4) is 0 Å². The van der Waals surface area contributed by atoms with Gasteiger partial charge < -0.3 is 13.7 Å². The molecule has 0 spiro atoms. The number of furan rings is 2. The quantitative estimate of drug-likeness (QED) is 0.173. The fraction of sp³-hybridized carbons (Fsp3) is 0. The molecule has 2 heterocycles. The minimum Gasteiger partial charge on any atom is -0.456 e. The molecular formula is C52H33NO2. The Bertz CT molecular complexity index is 3220. The first-order chi connectivity index (χ1) is 27.3. The summed E-state index contributed by atoms with van der Waals surface area (Å²) in [5.74, 6) is 0. The van der Waals surface area contributed by atoms with Crippen molar-refractivity contribution in [3.63, 3.8) is 0 Å². The van der Waals surface area contributed by atoms with E-state index in [4.69, 9.17) is 8.83 Å². The summed E-state index contributed by atoms with van der Waals surface area (Å²) in [7, 11) is 0. The second-order valence-electron chi connectivity index (χ2n) is 14.1. The lowest BCUT2D eigenvalue weighted by atomic mass is 9.95. The fourth-order valence-electron chi connectivity index (χ4n) is 8.32. The zero-order valence-electron chi connectivity index (χ0n) is 29.8. The van der Waals surface area contributed by atoms with Gasteiger partial charge in [0.15, 0.2) is 0 Å². The summed E-state index contributed by atoms with van der Waals surface area (Å²) < 4.78 is 12.8. The lowest BCUT2D eigenvalue weighted by Gasteiger charge is -2.28. The molecule has 0 saturated carbocycles. The lowest BCUT2D eigenvalue weighted by molar-refractivity contribution is 0.668. The highest BCUT2D eigenvalue weighted by Gasteiger charge is 2.22. The third kappa shape index (κ3) is 5.20. The molecule has 0 N–H and O–H groups in total. The standard InChI is InChI=1S/C52H33NO2/c1-2-16-40-35(12-1)13-10-20-41(40)36-28-26-34(27-29-36)37-14-9-15-38(32-37)53(39-30-31-44-43-18-4-7-23-48(43)55-51(44)33-39)47-22-6-3-17-42(47)45-21-11-25-50-52(45)46-19-5-8-24-49(46)54-50/h1-33H. The van der Waals surface area contributed by atoms with Crippen molar-refractivity contribution in [2.75, 3.05) is 4.90 Å². The number of benzene rings is 9. The van der Waals surface area contributed by atoms with Gasteiger partial charge in [0.25, 0.3) is 0 Å². The van der Waals surface area contributed by atoms with E-state index < -0.39 is 0 Å². The van der Waals surface area contributed by atoms with E-state index in [-0.39, 0.29) is 0 Å². The molecule has 11 rings (SSSR count). The molecule has 0 radical (unpaired) electrons. The molecule has 0 aliphatic heterocycles. The molecule has 0 atom stereocenters. The molecule has 55 heavy (non-hydrogen) atoms. The first-order valence-electron chi connectivity index (χ1n) is 18.7. The second kappa shape index (κ2) is 12.6. The van der Waals surface area contributed by atoms with E-state index in [2.05, 4.69) is 181 Å². The molecule has 0 amide bonds. The molecule has 0 bridgehead atoms. The van der Waals surface area contributed by atoms with E-state index in [0.717, 1.165) is 83.2 Å². The van der Waals surface area contributed by atoms with Crippen LogP contribution < -0.4 is 4.90 Å².